The lowest BCUT2D eigenvalue weighted by atomic mass is 10.2. The average Bonchev–Trinajstić information content (AvgIpc) is 2.55. The third-order valence-corrected chi connectivity index (χ3v) is 2.95. The summed E-state index contributed by atoms with van der Waals surface area (Å²) in [6, 6.07) is 14.9. The number of nitrogen functional groups attached to an aromatic ring is 1. The average molecular weight is 282 g/mol. The zero-order valence-electron chi connectivity index (χ0n) is 11.4. The smallest absolute Gasteiger partial charge is 0.241 e. The molecule has 0 aliphatic rings. The molecule has 0 bridgehead atoms. The van der Waals surface area contributed by atoms with Crippen LogP contribution in [0.25, 0.3) is 10.9 Å². The minimum atomic E-state index is 0.298. The van der Waals surface area contributed by atoms with Crippen LogP contribution in [0, 0.1) is 0 Å². The van der Waals surface area contributed by atoms with E-state index in [0.29, 0.717) is 23.3 Å². The molecular formula is C15H14N4O2. The van der Waals surface area contributed by atoms with Crippen LogP contribution >= 0.6 is 0 Å². The van der Waals surface area contributed by atoms with Gasteiger partial charge in [-0.25, -0.2) is 10.8 Å². The highest BCUT2D eigenvalue weighted by Crippen LogP contribution is 2.29. The highest BCUT2D eigenvalue weighted by Gasteiger charge is 2.09. The van der Waals surface area contributed by atoms with E-state index >= 15 is 0 Å². The second kappa shape index (κ2) is 5.64. The van der Waals surface area contributed by atoms with Crippen molar-refractivity contribution in [2.45, 2.75) is 0 Å². The summed E-state index contributed by atoms with van der Waals surface area (Å²) in [5.41, 5.74) is 3.19. The van der Waals surface area contributed by atoms with Crippen molar-refractivity contribution in [1.29, 1.82) is 0 Å². The number of hydrogen-bond donors (Lipinski definition) is 2. The Morgan fingerprint density at radius 1 is 1.00 bits per heavy atom. The number of rotatable bonds is 4. The quantitative estimate of drug-likeness (QED) is 0.565. The number of benzene rings is 2. The predicted molar refractivity (Wildman–Crippen MR) is 80.4 cm³/mol. The molecular weight excluding hydrogens is 268 g/mol. The SMILES string of the molecule is COc1cccc(Oc2nc(NN)nc3ccccc23)c1. The Morgan fingerprint density at radius 2 is 1.81 bits per heavy atom. The van der Waals surface area contributed by atoms with Gasteiger partial charge in [0, 0.05) is 6.07 Å². The van der Waals surface area contributed by atoms with Crippen LogP contribution in [0.1, 0.15) is 0 Å². The fourth-order valence-corrected chi connectivity index (χ4v) is 1.97. The van der Waals surface area contributed by atoms with E-state index in [2.05, 4.69) is 15.4 Å². The first-order valence-electron chi connectivity index (χ1n) is 6.35. The van der Waals surface area contributed by atoms with Gasteiger partial charge in [0.15, 0.2) is 0 Å². The van der Waals surface area contributed by atoms with Crippen molar-refractivity contribution in [2.75, 3.05) is 12.5 Å². The number of nitrogens with one attached hydrogen (secondary N) is 1. The second-order valence-corrected chi connectivity index (χ2v) is 4.29. The van der Waals surface area contributed by atoms with Crippen LogP contribution in [0.3, 0.4) is 0 Å². The number of hydrazine groups is 1. The number of aromatic nitrogens is 2. The van der Waals surface area contributed by atoms with Crippen LogP contribution in [0.4, 0.5) is 5.95 Å². The Labute approximate surface area is 121 Å². The molecule has 3 aromatic rings. The molecule has 1 aromatic heterocycles. The van der Waals surface area contributed by atoms with E-state index < -0.39 is 0 Å². The van der Waals surface area contributed by atoms with Gasteiger partial charge in [-0.15, -0.1) is 0 Å². The van der Waals surface area contributed by atoms with Gasteiger partial charge in [-0.2, -0.15) is 4.98 Å². The van der Waals surface area contributed by atoms with Crippen LogP contribution in [0.2, 0.25) is 0 Å². The Morgan fingerprint density at radius 3 is 2.62 bits per heavy atom. The lowest BCUT2D eigenvalue weighted by molar-refractivity contribution is 0.408. The zero-order chi connectivity index (χ0) is 14.7. The van der Waals surface area contributed by atoms with E-state index in [9.17, 15) is 0 Å². The van der Waals surface area contributed by atoms with E-state index in [4.69, 9.17) is 15.3 Å². The first kappa shape index (κ1) is 13.1. The highest BCUT2D eigenvalue weighted by molar-refractivity contribution is 5.84. The first-order valence-corrected chi connectivity index (χ1v) is 6.35. The highest BCUT2D eigenvalue weighted by atomic mass is 16.5. The van der Waals surface area contributed by atoms with E-state index in [-0.39, 0.29) is 0 Å². The molecule has 1 heterocycles. The van der Waals surface area contributed by atoms with Crippen molar-refractivity contribution in [1.82, 2.24) is 9.97 Å². The van der Waals surface area contributed by atoms with Gasteiger partial charge in [0.05, 0.1) is 18.0 Å². The van der Waals surface area contributed by atoms with Gasteiger partial charge in [0.1, 0.15) is 11.5 Å². The second-order valence-electron chi connectivity index (χ2n) is 4.29. The van der Waals surface area contributed by atoms with Gasteiger partial charge in [0.25, 0.3) is 0 Å². The Balaban J connectivity index is 2.06. The van der Waals surface area contributed by atoms with E-state index in [0.717, 1.165) is 10.9 Å². The van der Waals surface area contributed by atoms with Crippen molar-refractivity contribution in [3.63, 3.8) is 0 Å². The van der Waals surface area contributed by atoms with Crippen LogP contribution in [0.5, 0.6) is 17.4 Å². The van der Waals surface area contributed by atoms with Crippen LogP contribution in [-0.2, 0) is 0 Å². The fourth-order valence-electron chi connectivity index (χ4n) is 1.97. The molecule has 2 aromatic carbocycles. The number of hydrogen-bond acceptors (Lipinski definition) is 6. The molecule has 0 amide bonds. The summed E-state index contributed by atoms with van der Waals surface area (Å²) in [6.45, 7) is 0. The molecule has 6 heteroatoms. The summed E-state index contributed by atoms with van der Waals surface area (Å²) in [5.74, 6) is 7.47. The summed E-state index contributed by atoms with van der Waals surface area (Å²) < 4.78 is 11.0. The van der Waals surface area contributed by atoms with Gasteiger partial charge in [-0.05, 0) is 24.3 Å². The minimum absolute atomic E-state index is 0.298. The van der Waals surface area contributed by atoms with Gasteiger partial charge in [0.2, 0.25) is 11.8 Å². The third-order valence-electron chi connectivity index (χ3n) is 2.95. The zero-order valence-corrected chi connectivity index (χ0v) is 11.4. The largest absolute Gasteiger partial charge is 0.497 e. The maximum Gasteiger partial charge on any atom is 0.241 e. The van der Waals surface area contributed by atoms with Gasteiger partial charge in [-0.3, -0.25) is 5.43 Å². The van der Waals surface area contributed by atoms with Crippen LogP contribution in [0.15, 0.2) is 48.5 Å². The number of methoxy groups -OCH3 is 1. The Kier molecular flexibility index (Phi) is 3.53. The van der Waals surface area contributed by atoms with Crippen molar-refractivity contribution in [3.05, 3.63) is 48.5 Å². The number of nitrogens with two attached hydrogens (primary N) is 1. The van der Waals surface area contributed by atoms with E-state index in [1.807, 2.05) is 42.5 Å². The van der Waals surface area contributed by atoms with Crippen molar-refractivity contribution >= 4 is 16.9 Å². The van der Waals surface area contributed by atoms with Crippen LogP contribution in [-0.4, -0.2) is 17.1 Å². The molecule has 3 N–H and O–H groups in total. The lowest BCUT2D eigenvalue weighted by Gasteiger charge is -2.10. The summed E-state index contributed by atoms with van der Waals surface area (Å²) in [5, 5.41) is 0.805. The maximum absolute atomic E-state index is 5.85. The summed E-state index contributed by atoms with van der Waals surface area (Å²) in [6.07, 6.45) is 0. The Bertz CT molecular complexity index is 776. The molecule has 3 rings (SSSR count). The Hall–Kier alpha value is -2.86. The number of anilines is 1. The fraction of sp³-hybridized carbons (Fsp3) is 0.0667. The molecule has 21 heavy (non-hydrogen) atoms. The van der Waals surface area contributed by atoms with Gasteiger partial charge < -0.3 is 9.47 Å². The maximum atomic E-state index is 5.85. The molecule has 0 unspecified atom stereocenters. The minimum Gasteiger partial charge on any atom is -0.497 e. The molecule has 0 saturated carbocycles. The number of nitrogens with zero attached hydrogens (tertiary/aromatic N) is 2. The van der Waals surface area contributed by atoms with Crippen molar-refractivity contribution < 1.29 is 9.47 Å². The third kappa shape index (κ3) is 2.70. The van der Waals surface area contributed by atoms with Gasteiger partial charge in [-0.1, -0.05) is 18.2 Å². The number of fused-ring (bicyclic) bond motifs is 1. The van der Waals surface area contributed by atoms with E-state index in [1.165, 1.54) is 0 Å². The lowest BCUT2D eigenvalue weighted by Crippen LogP contribution is -2.11. The molecule has 106 valence electrons. The molecule has 0 saturated heterocycles. The summed E-state index contributed by atoms with van der Waals surface area (Å²) >= 11 is 0. The van der Waals surface area contributed by atoms with Crippen molar-refractivity contribution in [3.8, 4) is 17.4 Å². The molecule has 0 radical (unpaired) electrons. The number of ether oxygens (including phenoxy) is 2. The van der Waals surface area contributed by atoms with Crippen molar-refractivity contribution in [2.24, 2.45) is 5.84 Å². The topological polar surface area (TPSA) is 82.3 Å². The predicted octanol–water partition coefficient (Wildman–Crippen LogP) is 2.72. The summed E-state index contributed by atoms with van der Waals surface area (Å²) in [7, 11) is 1.61. The van der Waals surface area contributed by atoms with E-state index in [1.54, 1.807) is 13.2 Å². The molecule has 0 fully saturated rings. The first-order chi connectivity index (χ1) is 10.3. The standard InChI is InChI=1S/C15H14N4O2/c1-20-10-5-4-6-11(9-10)21-14-12-7-2-3-8-13(12)17-15(18-14)19-16/h2-9H,16H2,1H3,(H,17,18,19). The van der Waals surface area contributed by atoms with Crippen LogP contribution < -0.4 is 20.7 Å². The molecule has 0 aliphatic heterocycles. The normalized spacial score (nSPS) is 10.4. The molecule has 6 nitrogen and oxygen atoms in total. The monoisotopic (exact) mass is 282 g/mol. The molecule has 0 atom stereocenters. The van der Waals surface area contributed by atoms with Gasteiger partial charge >= 0.3 is 0 Å². The molecule has 0 aliphatic carbocycles. The number of para-hydroxylation sites is 1. The summed E-state index contributed by atoms with van der Waals surface area (Å²) in [4.78, 5) is 8.54. The molecule has 0 spiro atoms.